The predicted molar refractivity (Wildman–Crippen MR) is 85.4 cm³/mol. The lowest BCUT2D eigenvalue weighted by Crippen LogP contribution is -2.54. The maximum Gasteiger partial charge on any atom is 0.416 e. The number of amides is 2. The number of likely N-dealkylation sites (tertiary alicyclic amines) is 1. The van der Waals surface area contributed by atoms with Gasteiger partial charge in [0.15, 0.2) is 0 Å². The number of halogens is 4. The summed E-state index contributed by atoms with van der Waals surface area (Å²) in [6.07, 6.45) is -5.37. The molecule has 1 heterocycles. The summed E-state index contributed by atoms with van der Waals surface area (Å²) in [7, 11) is 1.33. The van der Waals surface area contributed by atoms with Gasteiger partial charge in [0.05, 0.1) is 11.1 Å². The fourth-order valence-corrected chi connectivity index (χ4v) is 3.37. The van der Waals surface area contributed by atoms with Gasteiger partial charge in [0.2, 0.25) is 5.91 Å². The molecule has 0 saturated carbocycles. The number of carbonyl (C=O) groups is 2. The zero-order valence-corrected chi connectivity index (χ0v) is 14.3. The van der Waals surface area contributed by atoms with Gasteiger partial charge in [0, 0.05) is 20.1 Å². The molecule has 9 heteroatoms. The molecule has 138 valence electrons. The molecule has 0 aromatic heterocycles. The van der Waals surface area contributed by atoms with E-state index in [0.717, 1.165) is 17.0 Å². The Kier molecular flexibility index (Phi) is 5.51. The number of hydrogen-bond donors (Lipinski definition) is 1. The van der Waals surface area contributed by atoms with Gasteiger partial charge in [-0.15, -0.1) is 11.6 Å². The molecule has 0 bridgehead atoms. The summed E-state index contributed by atoms with van der Waals surface area (Å²) in [5.41, 5.74) is -1.69. The smallest absolute Gasteiger partial charge is 0.416 e. The summed E-state index contributed by atoms with van der Waals surface area (Å²) in [5, 5.41) is 9.41. The normalized spacial score (nSPS) is 17.2. The Hall–Kier alpha value is -1.96. The minimum absolute atomic E-state index is 0.189. The van der Waals surface area contributed by atoms with E-state index in [0.29, 0.717) is 0 Å². The minimum Gasteiger partial charge on any atom is -0.465 e. The topological polar surface area (TPSA) is 60.9 Å². The molecule has 2 rings (SSSR count). The first-order valence-electron chi connectivity index (χ1n) is 7.60. The summed E-state index contributed by atoms with van der Waals surface area (Å²) in [6.45, 7) is 0.443. The molecule has 1 aromatic rings. The van der Waals surface area contributed by atoms with Crippen molar-refractivity contribution in [2.45, 2.75) is 24.6 Å². The van der Waals surface area contributed by atoms with Gasteiger partial charge in [-0.1, -0.05) is 12.1 Å². The molecule has 2 amide bonds. The summed E-state index contributed by atoms with van der Waals surface area (Å²) in [6, 6.07) is 4.70. The number of carbonyl (C=O) groups excluding carboxylic acids is 1. The van der Waals surface area contributed by atoms with Gasteiger partial charge >= 0.3 is 12.3 Å². The van der Waals surface area contributed by atoms with E-state index in [2.05, 4.69) is 0 Å². The molecule has 0 atom stereocenters. The highest BCUT2D eigenvalue weighted by atomic mass is 35.5. The summed E-state index contributed by atoms with van der Waals surface area (Å²) in [5.74, 6) is -0.469. The van der Waals surface area contributed by atoms with Crippen molar-refractivity contribution in [3.63, 3.8) is 0 Å². The third-order valence-corrected chi connectivity index (χ3v) is 4.94. The molecule has 1 saturated heterocycles. The van der Waals surface area contributed by atoms with Crippen LogP contribution in [0, 0.1) is 0 Å². The molecule has 0 spiro atoms. The van der Waals surface area contributed by atoms with Crippen LogP contribution in [0.1, 0.15) is 24.0 Å². The van der Waals surface area contributed by atoms with E-state index in [1.807, 2.05) is 0 Å². The standard InChI is InChI=1S/C16H18ClF3N2O3/c1-21(14(24)25)15(5-7-22(8-6-15)13(23)10-17)11-3-2-4-12(9-11)16(18,19)20/h2-4,9H,5-8,10H2,1H3,(H,24,25). The van der Waals surface area contributed by atoms with Crippen LogP contribution >= 0.6 is 11.6 Å². The fourth-order valence-electron chi connectivity index (χ4n) is 3.20. The van der Waals surface area contributed by atoms with Gasteiger partial charge in [-0.05, 0) is 30.5 Å². The third kappa shape index (κ3) is 3.84. The second-order valence-electron chi connectivity index (χ2n) is 5.97. The van der Waals surface area contributed by atoms with Gasteiger partial charge in [0.1, 0.15) is 5.88 Å². The first-order chi connectivity index (χ1) is 11.6. The summed E-state index contributed by atoms with van der Waals surface area (Å²) in [4.78, 5) is 25.8. The maximum absolute atomic E-state index is 13.0. The SMILES string of the molecule is CN(C(=O)O)C1(c2cccc(C(F)(F)F)c2)CCN(C(=O)CCl)CC1. The van der Waals surface area contributed by atoms with Crippen molar-refractivity contribution in [3.05, 3.63) is 35.4 Å². The fraction of sp³-hybridized carbons (Fsp3) is 0.500. The molecular formula is C16H18ClF3N2O3. The lowest BCUT2D eigenvalue weighted by Gasteiger charge is -2.46. The molecule has 1 fully saturated rings. The molecule has 1 aliphatic heterocycles. The van der Waals surface area contributed by atoms with Crippen LogP contribution in [-0.4, -0.2) is 52.9 Å². The molecule has 0 unspecified atom stereocenters. The van der Waals surface area contributed by atoms with E-state index >= 15 is 0 Å². The monoisotopic (exact) mass is 378 g/mol. The molecule has 5 nitrogen and oxygen atoms in total. The Bertz CT molecular complexity index is 658. The van der Waals surface area contributed by atoms with Gasteiger partial charge < -0.3 is 14.9 Å². The first-order valence-corrected chi connectivity index (χ1v) is 8.13. The molecule has 1 aliphatic rings. The van der Waals surface area contributed by atoms with Crippen LogP contribution in [0.3, 0.4) is 0 Å². The zero-order chi connectivity index (χ0) is 18.8. The molecule has 1 N–H and O–H groups in total. The van der Waals surface area contributed by atoms with E-state index in [-0.39, 0.29) is 43.3 Å². The number of rotatable bonds is 3. The van der Waals surface area contributed by atoms with Gasteiger partial charge in [0.25, 0.3) is 0 Å². The highest BCUT2D eigenvalue weighted by Crippen LogP contribution is 2.40. The van der Waals surface area contributed by atoms with E-state index in [1.54, 1.807) is 0 Å². The summed E-state index contributed by atoms with van der Waals surface area (Å²) >= 11 is 5.54. The van der Waals surface area contributed by atoms with Crippen molar-refractivity contribution in [1.82, 2.24) is 9.80 Å². The van der Waals surface area contributed by atoms with Crippen molar-refractivity contribution >= 4 is 23.6 Å². The van der Waals surface area contributed by atoms with Crippen molar-refractivity contribution < 1.29 is 27.9 Å². The Morgan fingerprint density at radius 2 is 1.92 bits per heavy atom. The number of hydrogen-bond acceptors (Lipinski definition) is 2. The van der Waals surface area contributed by atoms with Crippen LogP contribution in [0.2, 0.25) is 0 Å². The van der Waals surface area contributed by atoms with Crippen LogP contribution in [0.4, 0.5) is 18.0 Å². The number of nitrogens with zero attached hydrogens (tertiary/aromatic N) is 2. The quantitative estimate of drug-likeness (QED) is 0.820. The average Bonchev–Trinajstić information content (AvgIpc) is 2.59. The Labute approximate surface area is 148 Å². The third-order valence-electron chi connectivity index (χ3n) is 4.71. The lowest BCUT2D eigenvalue weighted by molar-refractivity contribution is -0.137. The number of carboxylic acid groups (broad SMARTS) is 1. The van der Waals surface area contributed by atoms with E-state index in [1.165, 1.54) is 24.1 Å². The number of benzene rings is 1. The van der Waals surface area contributed by atoms with Crippen molar-refractivity contribution in [2.24, 2.45) is 0 Å². The van der Waals surface area contributed by atoms with E-state index in [4.69, 9.17) is 11.6 Å². The molecule has 1 aromatic carbocycles. The maximum atomic E-state index is 13.0. The molecular weight excluding hydrogens is 361 g/mol. The second kappa shape index (κ2) is 7.11. The Morgan fingerprint density at radius 1 is 1.32 bits per heavy atom. The Balaban J connectivity index is 2.42. The van der Waals surface area contributed by atoms with Crippen molar-refractivity contribution in [2.75, 3.05) is 26.0 Å². The minimum atomic E-state index is -4.52. The van der Waals surface area contributed by atoms with Crippen LogP contribution in [0.5, 0.6) is 0 Å². The number of alkyl halides is 4. The van der Waals surface area contributed by atoms with Crippen molar-refractivity contribution in [1.29, 1.82) is 0 Å². The van der Waals surface area contributed by atoms with Gasteiger partial charge in [-0.3, -0.25) is 4.79 Å². The predicted octanol–water partition coefficient (Wildman–Crippen LogP) is 3.37. The van der Waals surface area contributed by atoms with Crippen LogP contribution in [0.25, 0.3) is 0 Å². The average molecular weight is 379 g/mol. The van der Waals surface area contributed by atoms with Gasteiger partial charge in [-0.2, -0.15) is 13.2 Å². The van der Waals surface area contributed by atoms with Crippen LogP contribution in [-0.2, 0) is 16.5 Å². The van der Waals surface area contributed by atoms with E-state index in [9.17, 15) is 27.9 Å². The van der Waals surface area contributed by atoms with Crippen LogP contribution in [0.15, 0.2) is 24.3 Å². The van der Waals surface area contributed by atoms with E-state index < -0.39 is 23.4 Å². The Morgan fingerprint density at radius 3 is 2.40 bits per heavy atom. The van der Waals surface area contributed by atoms with Gasteiger partial charge in [-0.25, -0.2) is 4.79 Å². The highest BCUT2D eigenvalue weighted by molar-refractivity contribution is 6.27. The van der Waals surface area contributed by atoms with Crippen molar-refractivity contribution in [3.8, 4) is 0 Å². The lowest BCUT2D eigenvalue weighted by atomic mass is 9.79. The van der Waals surface area contributed by atoms with Crippen LogP contribution < -0.4 is 0 Å². The number of piperidine rings is 1. The molecule has 25 heavy (non-hydrogen) atoms. The largest absolute Gasteiger partial charge is 0.465 e. The first kappa shape index (κ1) is 19.4. The zero-order valence-electron chi connectivity index (χ0n) is 13.5. The summed E-state index contributed by atoms with van der Waals surface area (Å²) < 4.78 is 39.1. The second-order valence-corrected chi connectivity index (χ2v) is 6.23. The highest BCUT2D eigenvalue weighted by Gasteiger charge is 2.44. The molecule has 0 aliphatic carbocycles. The molecule has 0 radical (unpaired) electrons.